The maximum absolute atomic E-state index is 13.7. The van der Waals surface area contributed by atoms with E-state index in [1.807, 2.05) is 12.1 Å². The van der Waals surface area contributed by atoms with Gasteiger partial charge >= 0.3 is 0 Å². The Morgan fingerprint density at radius 1 is 1.45 bits per heavy atom. The average Bonchev–Trinajstić information content (AvgIpc) is 2.50. The van der Waals surface area contributed by atoms with Crippen LogP contribution in [0.2, 0.25) is 0 Å². The van der Waals surface area contributed by atoms with Crippen molar-refractivity contribution in [1.82, 2.24) is 5.32 Å². The van der Waals surface area contributed by atoms with Crippen LogP contribution in [0, 0.1) is 11.7 Å². The molecule has 0 aliphatic carbocycles. The van der Waals surface area contributed by atoms with Crippen LogP contribution in [0.1, 0.15) is 26.2 Å². The second-order valence-electron chi connectivity index (χ2n) is 5.28. The highest BCUT2D eigenvalue weighted by molar-refractivity contribution is 7.99. The van der Waals surface area contributed by atoms with Crippen LogP contribution in [0.4, 0.5) is 4.39 Å². The van der Waals surface area contributed by atoms with Gasteiger partial charge in [0.1, 0.15) is 5.82 Å². The lowest BCUT2D eigenvalue weighted by molar-refractivity contribution is 0.0427. The Balaban J connectivity index is 1.91. The molecule has 112 valence electrons. The number of rotatable bonds is 7. The first-order valence-electron chi connectivity index (χ1n) is 7.49. The van der Waals surface area contributed by atoms with Crippen molar-refractivity contribution in [2.75, 3.05) is 25.5 Å². The maximum Gasteiger partial charge on any atom is 0.136 e. The van der Waals surface area contributed by atoms with E-state index in [0.717, 1.165) is 43.2 Å². The Labute approximate surface area is 125 Å². The van der Waals surface area contributed by atoms with E-state index < -0.39 is 0 Å². The van der Waals surface area contributed by atoms with Gasteiger partial charge in [0, 0.05) is 23.3 Å². The van der Waals surface area contributed by atoms with E-state index in [1.54, 1.807) is 17.8 Å². The van der Waals surface area contributed by atoms with Gasteiger partial charge in [0.25, 0.3) is 0 Å². The molecular weight excluding hydrogens is 273 g/mol. The van der Waals surface area contributed by atoms with Crippen molar-refractivity contribution >= 4 is 11.8 Å². The summed E-state index contributed by atoms with van der Waals surface area (Å²) in [6.07, 6.45) is 3.47. The third-order valence-corrected chi connectivity index (χ3v) is 4.84. The molecule has 0 spiro atoms. The first kappa shape index (κ1) is 15.8. The van der Waals surface area contributed by atoms with Gasteiger partial charge in [-0.1, -0.05) is 19.1 Å². The van der Waals surface area contributed by atoms with Crippen molar-refractivity contribution in [3.63, 3.8) is 0 Å². The fourth-order valence-corrected chi connectivity index (χ4v) is 3.65. The lowest BCUT2D eigenvalue weighted by atomic mass is 9.95. The van der Waals surface area contributed by atoms with Crippen molar-refractivity contribution in [3.05, 3.63) is 30.1 Å². The topological polar surface area (TPSA) is 21.3 Å². The molecule has 2 rings (SSSR count). The molecule has 20 heavy (non-hydrogen) atoms. The van der Waals surface area contributed by atoms with Gasteiger partial charge in [0.2, 0.25) is 0 Å². The van der Waals surface area contributed by atoms with Crippen LogP contribution in [-0.4, -0.2) is 31.6 Å². The largest absolute Gasteiger partial charge is 0.381 e. The van der Waals surface area contributed by atoms with Gasteiger partial charge in [-0.25, -0.2) is 4.39 Å². The number of halogens is 1. The molecule has 1 aromatic carbocycles. The van der Waals surface area contributed by atoms with Gasteiger partial charge in [-0.2, -0.15) is 0 Å². The van der Waals surface area contributed by atoms with Crippen molar-refractivity contribution in [3.8, 4) is 0 Å². The molecule has 0 bridgehead atoms. The molecule has 2 atom stereocenters. The van der Waals surface area contributed by atoms with E-state index in [-0.39, 0.29) is 5.82 Å². The standard InChI is InChI=1S/C16H24FNOS/c1-2-9-18-15(13-6-5-10-19-11-13)12-20-16-8-4-3-7-14(16)17/h3-4,7-8,13,15,18H,2,5-6,9-12H2,1H3. The molecule has 0 amide bonds. The number of thioether (sulfide) groups is 1. The molecular formula is C16H24FNOS. The fraction of sp³-hybridized carbons (Fsp3) is 0.625. The molecule has 0 aromatic heterocycles. The molecule has 1 N–H and O–H groups in total. The Morgan fingerprint density at radius 3 is 3.00 bits per heavy atom. The monoisotopic (exact) mass is 297 g/mol. The van der Waals surface area contributed by atoms with Crippen molar-refractivity contribution in [2.24, 2.45) is 5.92 Å². The summed E-state index contributed by atoms with van der Waals surface area (Å²) in [4.78, 5) is 0.743. The first-order chi connectivity index (χ1) is 9.81. The van der Waals surface area contributed by atoms with E-state index in [4.69, 9.17) is 4.74 Å². The minimum absolute atomic E-state index is 0.119. The van der Waals surface area contributed by atoms with E-state index in [0.29, 0.717) is 12.0 Å². The minimum atomic E-state index is -0.119. The van der Waals surface area contributed by atoms with Crippen LogP contribution in [0.25, 0.3) is 0 Å². The second-order valence-corrected chi connectivity index (χ2v) is 6.34. The summed E-state index contributed by atoms with van der Waals surface area (Å²) in [6, 6.07) is 7.42. The Morgan fingerprint density at radius 2 is 2.30 bits per heavy atom. The average molecular weight is 297 g/mol. The van der Waals surface area contributed by atoms with E-state index in [9.17, 15) is 4.39 Å². The van der Waals surface area contributed by atoms with Gasteiger partial charge in [-0.3, -0.25) is 0 Å². The molecule has 0 saturated carbocycles. The minimum Gasteiger partial charge on any atom is -0.381 e. The molecule has 1 aromatic rings. The maximum atomic E-state index is 13.7. The highest BCUT2D eigenvalue weighted by Gasteiger charge is 2.24. The van der Waals surface area contributed by atoms with Crippen molar-refractivity contribution in [2.45, 2.75) is 37.1 Å². The molecule has 1 aliphatic heterocycles. The summed E-state index contributed by atoms with van der Waals surface area (Å²) in [5.74, 6) is 1.33. The predicted octanol–water partition coefficient (Wildman–Crippen LogP) is 3.71. The summed E-state index contributed by atoms with van der Waals surface area (Å²) in [7, 11) is 0. The molecule has 1 saturated heterocycles. The zero-order valence-electron chi connectivity index (χ0n) is 12.1. The molecule has 1 aliphatic rings. The molecule has 1 heterocycles. The molecule has 0 radical (unpaired) electrons. The third kappa shape index (κ3) is 4.76. The van der Waals surface area contributed by atoms with Crippen LogP contribution in [0.3, 0.4) is 0 Å². The normalized spacial score (nSPS) is 20.8. The zero-order valence-corrected chi connectivity index (χ0v) is 12.9. The smallest absolute Gasteiger partial charge is 0.136 e. The van der Waals surface area contributed by atoms with E-state index in [2.05, 4.69) is 12.2 Å². The molecule has 2 nitrogen and oxygen atoms in total. The summed E-state index contributed by atoms with van der Waals surface area (Å²) < 4.78 is 19.3. The number of benzene rings is 1. The van der Waals surface area contributed by atoms with Crippen LogP contribution in [0.15, 0.2) is 29.2 Å². The van der Waals surface area contributed by atoms with Gasteiger partial charge in [-0.15, -0.1) is 11.8 Å². The summed E-state index contributed by atoms with van der Waals surface area (Å²) >= 11 is 1.61. The third-order valence-electron chi connectivity index (χ3n) is 3.68. The van der Waals surface area contributed by atoms with Gasteiger partial charge in [0.05, 0.1) is 6.61 Å². The number of nitrogens with one attached hydrogen (secondary N) is 1. The highest BCUT2D eigenvalue weighted by atomic mass is 32.2. The van der Waals surface area contributed by atoms with Gasteiger partial charge in [0.15, 0.2) is 0 Å². The predicted molar refractivity (Wildman–Crippen MR) is 82.7 cm³/mol. The van der Waals surface area contributed by atoms with E-state index >= 15 is 0 Å². The fourth-order valence-electron chi connectivity index (χ4n) is 2.52. The van der Waals surface area contributed by atoms with Crippen molar-refractivity contribution in [1.29, 1.82) is 0 Å². The van der Waals surface area contributed by atoms with Gasteiger partial charge in [-0.05, 0) is 43.9 Å². The van der Waals surface area contributed by atoms with E-state index in [1.165, 1.54) is 12.5 Å². The van der Waals surface area contributed by atoms with Crippen LogP contribution in [-0.2, 0) is 4.74 Å². The zero-order chi connectivity index (χ0) is 14.2. The Kier molecular flexibility index (Phi) is 6.83. The number of hydrogen-bond donors (Lipinski definition) is 1. The quantitative estimate of drug-likeness (QED) is 0.775. The van der Waals surface area contributed by atoms with Crippen LogP contribution in [0.5, 0.6) is 0 Å². The lowest BCUT2D eigenvalue weighted by Gasteiger charge is -2.31. The number of hydrogen-bond acceptors (Lipinski definition) is 3. The summed E-state index contributed by atoms with van der Waals surface area (Å²) in [5, 5.41) is 3.61. The lowest BCUT2D eigenvalue weighted by Crippen LogP contribution is -2.42. The first-order valence-corrected chi connectivity index (χ1v) is 8.48. The Bertz CT molecular complexity index is 396. The molecule has 1 fully saturated rings. The molecule has 2 unspecified atom stereocenters. The SMILES string of the molecule is CCCNC(CSc1ccccc1F)C1CCCOC1. The molecule has 4 heteroatoms. The van der Waals surface area contributed by atoms with Crippen molar-refractivity contribution < 1.29 is 9.13 Å². The highest BCUT2D eigenvalue weighted by Crippen LogP contribution is 2.26. The Hall–Kier alpha value is -0.580. The van der Waals surface area contributed by atoms with Crippen LogP contribution >= 0.6 is 11.8 Å². The summed E-state index contributed by atoms with van der Waals surface area (Å²) in [5.41, 5.74) is 0. The van der Waals surface area contributed by atoms with Gasteiger partial charge < -0.3 is 10.1 Å². The van der Waals surface area contributed by atoms with Crippen LogP contribution < -0.4 is 5.32 Å². The second kappa shape index (κ2) is 8.65. The summed E-state index contributed by atoms with van der Waals surface area (Å²) in [6.45, 7) is 4.90. The number of ether oxygens (including phenoxy) is 1.